The highest BCUT2D eigenvalue weighted by atomic mass is 16.5. The molecule has 0 aliphatic carbocycles. The molecule has 0 saturated carbocycles. The van der Waals surface area contributed by atoms with E-state index in [4.69, 9.17) is 15.2 Å². The Morgan fingerprint density at radius 2 is 1.71 bits per heavy atom. The molecule has 0 radical (unpaired) electrons. The lowest BCUT2D eigenvalue weighted by Gasteiger charge is -2.33. The van der Waals surface area contributed by atoms with Gasteiger partial charge in [-0.3, -0.25) is 0 Å². The summed E-state index contributed by atoms with van der Waals surface area (Å²) in [6.07, 6.45) is 0. The van der Waals surface area contributed by atoms with Crippen LogP contribution < -0.4 is 30.3 Å². The van der Waals surface area contributed by atoms with E-state index in [1.807, 2.05) is 36.4 Å². The van der Waals surface area contributed by atoms with Gasteiger partial charge in [-0.15, -0.1) is 0 Å². The van der Waals surface area contributed by atoms with Crippen molar-refractivity contribution in [2.45, 2.75) is 6.54 Å². The molecule has 4 N–H and O–H groups in total. The average Bonchev–Trinajstić information content (AvgIpc) is 2.79. The SMILES string of the molecule is COc1ccc(N2CC[NH+](Cc3nc(N)nc(Nc4cccc(OC)c4)n3)CC2)cc1. The molecule has 1 aliphatic rings. The lowest BCUT2D eigenvalue weighted by Crippen LogP contribution is -3.13. The Hall–Kier alpha value is -3.59. The maximum atomic E-state index is 5.94. The number of methoxy groups -OCH3 is 2. The zero-order chi connectivity index (χ0) is 21.6. The maximum absolute atomic E-state index is 5.94. The number of quaternary nitrogens is 1. The highest BCUT2D eigenvalue weighted by Gasteiger charge is 2.22. The predicted molar refractivity (Wildman–Crippen MR) is 120 cm³/mol. The third kappa shape index (κ3) is 5.32. The molecule has 1 aromatic heterocycles. The molecule has 31 heavy (non-hydrogen) atoms. The summed E-state index contributed by atoms with van der Waals surface area (Å²) >= 11 is 0. The number of piperazine rings is 1. The van der Waals surface area contributed by atoms with E-state index in [1.54, 1.807) is 14.2 Å². The Morgan fingerprint density at radius 1 is 0.968 bits per heavy atom. The first kappa shape index (κ1) is 20.7. The van der Waals surface area contributed by atoms with Gasteiger partial charge in [0, 0.05) is 17.4 Å². The minimum atomic E-state index is 0.215. The molecule has 1 saturated heterocycles. The molecule has 162 valence electrons. The largest absolute Gasteiger partial charge is 0.497 e. The van der Waals surface area contributed by atoms with Gasteiger partial charge in [-0.2, -0.15) is 15.0 Å². The van der Waals surface area contributed by atoms with Crippen molar-refractivity contribution in [3.05, 3.63) is 54.4 Å². The Morgan fingerprint density at radius 3 is 2.42 bits per heavy atom. The number of nitrogens with one attached hydrogen (secondary N) is 2. The first-order valence-electron chi connectivity index (χ1n) is 10.3. The Labute approximate surface area is 181 Å². The van der Waals surface area contributed by atoms with Crippen molar-refractivity contribution in [1.82, 2.24) is 15.0 Å². The second-order valence-corrected chi connectivity index (χ2v) is 7.40. The smallest absolute Gasteiger partial charge is 0.232 e. The molecule has 1 fully saturated rings. The second-order valence-electron chi connectivity index (χ2n) is 7.40. The van der Waals surface area contributed by atoms with Gasteiger partial charge in [0.1, 0.15) is 18.0 Å². The minimum Gasteiger partial charge on any atom is -0.497 e. The lowest BCUT2D eigenvalue weighted by molar-refractivity contribution is -0.915. The Kier molecular flexibility index (Phi) is 6.32. The number of nitrogens with two attached hydrogens (primary N) is 1. The predicted octanol–water partition coefficient (Wildman–Crippen LogP) is 1.12. The number of hydrogen-bond acceptors (Lipinski definition) is 8. The van der Waals surface area contributed by atoms with Gasteiger partial charge in [0.15, 0.2) is 5.82 Å². The quantitative estimate of drug-likeness (QED) is 0.521. The van der Waals surface area contributed by atoms with Crippen LogP contribution in [0.4, 0.5) is 23.3 Å². The van der Waals surface area contributed by atoms with Crippen molar-refractivity contribution in [1.29, 1.82) is 0 Å². The van der Waals surface area contributed by atoms with Gasteiger partial charge in [-0.05, 0) is 36.4 Å². The molecule has 0 bridgehead atoms. The van der Waals surface area contributed by atoms with Gasteiger partial charge in [0.25, 0.3) is 0 Å². The molecule has 0 amide bonds. The third-order valence-electron chi connectivity index (χ3n) is 5.34. The molecule has 9 heteroatoms. The Bertz CT molecular complexity index is 1000. The van der Waals surface area contributed by atoms with Gasteiger partial charge >= 0.3 is 0 Å². The number of hydrogen-bond donors (Lipinski definition) is 3. The zero-order valence-electron chi connectivity index (χ0n) is 17.8. The van der Waals surface area contributed by atoms with Crippen molar-refractivity contribution in [3.63, 3.8) is 0 Å². The fourth-order valence-electron chi connectivity index (χ4n) is 3.68. The topological polar surface area (TPSA) is 103 Å². The highest BCUT2D eigenvalue weighted by Crippen LogP contribution is 2.20. The van der Waals surface area contributed by atoms with Crippen LogP contribution in [0.5, 0.6) is 11.5 Å². The lowest BCUT2D eigenvalue weighted by atomic mass is 10.2. The standard InChI is InChI=1S/C22H27N7O2/c1-30-18-8-6-17(7-9-18)29-12-10-28(11-13-29)15-20-25-21(23)27-22(26-20)24-16-4-3-5-19(14-16)31-2/h3-9,14H,10-13,15H2,1-2H3,(H3,23,24,25,26,27)/p+1. The summed E-state index contributed by atoms with van der Waals surface area (Å²) in [6.45, 7) is 4.64. The van der Waals surface area contributed by atoms with Crippen LogP contribution in [0, 0.1) is 0 Å². The monoisotopic (exact) mass is 422 g/mol. The fourth-order valence-corrected chi connectivity index (χ4v) is 3.68. The molecule has 2 heterocycles. The minimum absolute atomic E-state index is 0.215. The highest BCUT2D eigenvalue weighted by molar-refractivity contribution is 5.56. The molecule has 4 rings (SSSR count). The number of ether oxygens (including phenoxy) is 2. The molecule has 9 nitrogen and oxygen atoms in total. The average molecular weight is 423 g/mol. The van der Waals surface area contributed by atoms with Crippen LogP contribution in [-0.2, 0) is 6.54 Å². The van der Waals surface area contributed by atoms with Crippen LogP contribution in [0.15, 0.2) is 48.5 Å². The molecule has 1 aliphatic heterocycles. The normalized spacial score (nSPS) is 14.3. The van der Waals surface area contributed by atoms with Crippen molar-refractivity contribution in [3.8, 4) is 11.5 Å². The number of benzene rings is 2. The van der Waals surface area contributed by atoms with Crippen molar-refractivity contribution < 1.29 is 14.4 Å². The van der Waals surface area contributed by atoms with E-state index in [1.165, 1.54) is 10.6 Å². The summed E-state index contributed by atoms with van der Waals surface area (Å²) in [6, 6.07) is 15.8. The molecule has 0 unspecified atom stereocenters. The summed E-state index contributed by atoms with van der Waals surface area (Å²) in [7, 11) is 3.32. The van der Waals surface area contributed by atoms with Gasteiger partial charge < -0.3 is 30.3 Å². The maximum Gasteiger partial charge on any atom is 0.232 e. The van der Waals surface area contributed by atoms with Gasteiger partial charge in [0.05, 0.1) is 40.4 Å². The van der Waals surface area contributed by atoms with E-state index in [2.05, 4.69) is 37.3 Å². The van der Waals surface area contributed by atoms with Crippen LogP contribution >= 0.6 is 0 Å². The van der Waals surface area contributed by atoms with E-state index in [-0.39, 0.29) is 5.95 Å². The van der Waals surface area contributed by atoms with E-state index in [0.29, 0.717) is 18.3 Å². The molecular weight excluding hydrogens is 394 g/mol. The molecule has 2 aromatic carbocycles. The number of nitrogens with zero attached hydrogens (tertiary/aromatic N) is 4. The molecule has 0 atom stereocenters. The molecular formula is C22H28N7O2+. The summed E-state index contributed by atoms with van der Waals surface area (Å²) < 4.78 is 10.5. The summed E-state index contributed by atoms with van der Waals surface area (Å²) in [5.41, 5.74) is 7.99. The summed E-state index contributed by atoms with van der Waals surface area (Å²) in [4.78, 5) is 16.9. The van der Waals surface area contributed by atoms with E-state index < -0.39 is 0 Å². The molecule has 3 aromatic rings. The van der Waals surface area contributed by atoms with Crippen molar-refractivity contribution >= 4 is 23.3 Å². The first-order chi connectivity index (χ1) is 15.1. The number of rotatable bonds is 7. The van der Waals surface area contributed by atoms with E-state index in [0.717, 1.165) is 43.4 Å². The van der Waals surface area contributed by atoms with E-state index in [9.17, 15) is 0 Å². The summed E-state index contributed by atoms with van der Waals surface area (Å²) in [5.74, 6) is 2.97. The van der Waals surface area contributed by atoms with Crippen LogP contribution in [0.3, 0.4) is 0 Å². The summed E-state index contributed by atoms with van der Waals surface area (Å²) in [5, 5.41) is 3.19. The Balaban J connectivity index is 1.37. The van der Waals surface area contributed by atoms with Gasteiger partial charge in [-0.25, -0.2) is 0 Å². The van der Waals surface area contributed by atoms with Crippen LogP contribution in [0.1, 0.15) is 5.82 Å². The van der Waals surface area contributed by atoms with Crippen LogP contribution in [0.25, 0.3) is 0 Å². The van der Waals surface area contributed by atoms with Gasteiger partial charge in [-0.1, -0.05) is 6.07 Å². The number of anilines is 4. The number of nitrogen functional groups attached to an aromatic ring is 1. The third-order valence-corrected chi connectivity index (χ3v) is 5.34. The van der Waals surface area contributed by atoms with Crippen molar-refractivity contribution in [2.75, 3.05) is 56.3 Å². The van der Waals surface area contributed by atoms with Gasteiger partial charge in [0.2, 0.25) is 11.9 Å². The van der Waals surface area contributed by atoms with Crippen molar-refractivity contribution in [2.24, 2.45) is 0 Å². The second kappa shape index (κ2) is 9.48. The zero-order valence-corrected chi connectivity index (χ0v) is 17.8. The van der Waals surface area contributed by atoms with E-state index >= 15 is 0 Å². The van der Waals surface area contributed by atoms with Crippen LogP contribution in [0.2, 0.25) is 0 Å². The first-order valence-corrected chi connectivity index (χ1v) is 10.3. The fraction of sp³-hybridized carbons (Fsp3) is 0.318. The van der Waals surface area contributed by atoms with Crippen LogP contribution in [-0.4, -0.2) is 55.4 Å². The number of aromatic nitrogens is 3. The molecule has 0 spiro atoms.